The van der Waals surface area contributed by atoms with Gasteiger partial charge in [-0.25, -0.2) is 0 Å². The molecule has 1 aliphatic carbocycles. The number of carbonyl (C=O) groups excluding carboxylic acids is 2. The summed E-state index contributed by atoms with van der Waals surface area (Å²) in [5.41, 5.74) is 1.44. The van der Waals surface area contributed by atoms with E-state index in [4.69, 9.17) is 10.2 Å². The first-order chi connectivity index (χ1) is 12.1. The van der Waals surface area contributed by atoms with Crippen LogP contribution in [0.3, 0.4) is 0 Å². The van der Waals surface area contributed by atoms with E-state index >= 15 is 0 Å². The molecule has 25 heavy (non-hydrogen) atoms. The van der Waals surface area contributed by atoms with Crippen LogP contribution in [0.15, 0.2) is 84.9 Å². The van der Waals surface area contributed by atoms with Crippen molar-refractivity contribution in [1.29, 1.82) is 0 Å². The lowest BCUT2D eigenvalue weighted by Gasteiger charge is -1.90. The molecule has 0 aromatic heterocycles. The van der Waals surface area contributed by atoms with Gasteiger partial charge in [0.1, 0.15) is 11.5 Å². The molecule has 0 amide bonds. The van der Waals surface area contributed by atoms with E-state index in [-0.39, 0.29) is 18.0 Å². The molecule has 0 unspecified atom stereocenters. The van der Waals surface area contributed by atoms with Crippen LogP contribution in [0.5, 0.6) is 11.5 Å². The number of fused-ring (bicyclic) bond motifs is 1. The second kappa shape index (κ2) is 9.03. The molecule has 2 N–H and O–H groups in total. The summed E-state index contributed by atoms with van der Waals surface area (Å²) in [7, 11) is 0. The van der Waals surface area contributed by atoms with E-state index in [1.807, 2.05) is 24.3 Å². The molecule has 0 saturated heterocycles. The van der Waals surface area contributed by atoms with Gasteiger partial charge >= 0.3 is 0 Å². The number of hydrogen-bond acceptors (Lipinski definition) is 4. The van der Waals surface area contributed by atoms with E-state index in [1.54, 1.807) is 60.7 Å². The predicted molar refractivity (Wildman–Crippen MR) is 95.7 cm³/mol. The first kappa shape index (κ1) is 17.9. The topological polar surface area (TPSA) is 74.6 Å². The molecule has 0 fully saturated rings. The van der Waals surface area contributed by atoms with Gasteiger partial charge in [-0.1, -0.05) is 60.7 Å². The van der Waals surface area contributed by atoms with Crippen LogP contribution >= 0.6 is 0 Å². The van der Waals surface area contributed by atoms with Gasteiger partial charge in [0.15, 0.2) is 0 Å². The Bertz CT molecular complexity index is 789. The molecule has 3 aromatic carbocycles. The number of benzene rings is 3. The number of ketones is 2. The Morgan fingerprint density at radius 2 is 1.04 bits per heavy atom. The minimum Gasteiger partial charge on any atom is -0.508 e. The number of hydrogen-bond donors (Lipinski definition) is 2. The average Bonchev–Trinajstić information content (AvgIpc) is 2.92. The molecule has 0 spiro atoms. The van der Waals surface area contributed by atoms with E-state index in [1.165, 1.54) is 0 Å². The number of phenols is 2. The molecular formula is C21H18O4. The molecule has 126 valence electrons. The first-order valence-electron chi connectivity index (χ1n) is 7.71. The molecule has 0 saturated carbocycles. The summed E-state index contributed by atoms with van der Waals surface area (Å²) in [6.45, 7) is 0. The van der Waals surface area contributed by atoms with Crippen molar-refractivity contribution in [2.75, 3.05) is 0 Å². The van der Waals surface area contributed by atoms with Gasteiger partial charge in [-0.15, -0.1) is 0 Å². The van der Waals surface area contributed by atoms with Gasteiger partial charge in [-0.05, 0) is 29.8 Å². The van der Waals surface area contributed by atoms with E-state index in [0.29, 0.717) is 17.1 Å². The Kier molecular flexibility index (Phi) is 6.48. The van der Waals surface area contributed by atoms with E-state index < -0.39 is 0 Å². The van der Waals surface area contributed by atoms with Crippen molar-refractivity contribution in [2.45, 2.75) is 6.42 Å². The largest absolute Gasteiger partial charge is 0.508 e. The summed E-state index contributed by atoms with van der Waals surface area (Å²) in [4.78, 5) is 21.9. The maximum absolute atomic E-state index is 11.0. The van der Waals surface area contributed by atoms with Crippen molar-refractivity contribution in [3.05, 3.63) is 96.1 Å². The molecule has 4 rings (SSSR count). The monoisotopic (exact) mass is 334 g/mol. The highest BCUT2D eigenvalue weighted by molar-refractivity contribution is 6.47. The normalized spacial score (nSPS) is 11.5. The van der Waals surface area contributed by atoms with Crippen LogP contribution < -0.4 is 0 Å². The van der Waals surface area contributed by atoms with Gasteiger partial charge in [0.05, 0.1) is 0 Å². The van der Waals surface area contributed by atoms with Gasteiger partial charge in [-0.2, -0.15) is 0 Å². The third-order valence-electron chi connectivity index (χ3n) is 3.38. The second-order valence-electron chi connectivity index (χ2n) is 5.26. The fraction of sp³-hybridized carbons (Fsp3) is 0.0476. The fourth-order valence-corrected chi connectivity index (χ4v) is 2.16. The second-order valence-corrected chi connectivity index (χ2v) is 5.26. The SMILES string of the molecule is O=C1Cc2ccccc2C1=O.Oc1ccccc1.Oc1ccccc1. The van der Waals surface area contributed by atoms with Crippen LogP contribution in [0, 0.1) is 0 Å². The number of Topliss-reactive ketones (excluding diaryl/α,β-unsaturated/α-hetero) is 2. The Labute approximate surface area is 146 Å². The molecule has 4 nitrogen and oxygen atoms in total. The quantitative estimate of drug-likeness (QED) is 0.614. The minimum atomic E-state index is -0.333. The zero-order chi connectivity index (χ0) is 18.1. The van der Waals surface area contributed by atoms with Crippen LogP contribution in [0.2, 0.25) is 0 Å². The Hall–Kier alpha value is -3.40. The van der Waals surface area contributed by atoms with Crippen molar-refractivity contribution in [2.24, 2.45) is 0 Å². The number of para-hydroxylation sites is 2. The van der Waals surface area contributed by atoms with Crippen molar-refractivity contribution in [1.82, 2.24) is 0 Å². The summed E-state index contributed by atoms with van der Waals surface area (Å²) < 4.78 is 0. The maximum Gasteiger partial charge on any atom is 0.229 e. The Balaban J connectivity index is 0.000000142. The molecular weight excluding hydrogens is 316 g/mol. The fourth-order valence-electron chi connectivity index (χ4n) is 2.16. The summed E-state index contributed by atoms with van der Waals surface area (Å²) in [5.74, 6) is 0.0248. The maximum atomic E-state index is 11.0. The van der Waals surface area contributed by atoms with Crippen molar-refractivity contribution in [3.63, 3.8) is 0 Å². The lowest BCUT2D eigenvalue weighted by Crippen LogP contribution is -2.05. The third-order valence-corrected chi connectivity index (χ3v) is 3.38. The van der Waals surface area contributed by atoms with Crippen molar-refractivity contribution < 1.29 is 19.8 Å². The molecule has 3 aromatic rings. The molecule has 4 heteroatoms. The van der Waals surface area contributed by atoms with E-state index in [2.05, 4.69) is 0 Å². The summed E-state index contributed by atoms with van der Waals surface area (Å²) in [6.07, 6.45) is 0.287. The molecule has 1 aliphatic rings. The van der Waals surface area contributed by atoms with Crippen molar-refractivity contribution in [3.8, 4) is 11.5 Å². The zero-order valence-corrected chi connectivity index (χ0v) is 13.5. The van der Waals surface area contributed by atoms with Gasteiger partial charge in [-0.3, -0.25) is 9.59 Å². The average molecular weight is 334 g/mol. The highest BCUT2D eigenvalue weighted by Crippen LogP contribution is 2.18. The zero-order valence-electron chi connectivity index (χ0n) is 13.5. The predicted octanol–water partition coefficient (Wildman–Crippen LogP) is 3.78. The number of carbonyl (C=O) groups is 2. The molecule has 0 radical (unpaired) electrons. The molecule has 0 atom stereocenters. The van der Waals surface area contributed by atoms with Crippen LogP contribution in [0.25, 0.3) is 0 Å². The lowest BCUT2D eigenvalue weighted by molar-refractivity contribution is -0.114. The third kappa shape index (κ3) is 5.62. The summed E-state index contributed by atoms with van der Waals surface area (Å²) in [6, 6.07) is 24.6. The first-order valence-corrected chi connectivity index (χ1v) is 7.71. The standard InChI is InChI=1S/C9H6O2.2C6H6O/c10-8-5-6-3-1-2-4-7(6)9(8)11;2*7-6-4-2-1-3-5-6/h1-4H,5H2;2*1-5,7H. The van der Waals surface area contributed by atoms with Gasteiger partial charge in [0, 0.05) is 12.0 Å². The van der Waals surface area contributed by atoms with E-state index in [0.717, 1.165) is 5.56 Å². The van der Waals surface area contributed by atoms with E-state index in [9.17, 15) is 9.59 Å². The molecule has 0 aliphatic heterocycles. The van der Waals surface area contributed by atoms with Crippen LogP contribution in [-0.4, -0.2) is 21.8 Å². The van der Waals surface area contributed by atoms with Gasteiger partial charge in [0.2, 0.25) is 11.6 Å². The van der Waals surface area contributed by atoms with Crippen LogP contribution in [0.1, 0.15) is 15.9 Å². The van der Waals surface area contributed by atoms with Crippen LogP contribution in [0.4, 0.5) is 0 Å². The smallest absolute Gasteiger partial charge is 0.229 e. The van der Waals surface area contributed by atoms with Gasteiger partial charge in [0.25, 0.3) is 0 Å². The lowest BCUT2D eigenvalue weighted by atomic mass is 10.1. The van der Waals surface area contributed by atoms with Crippen LogP contribution in [-0.2, 0) is 11.2 Å². The summed E-state index contributed by atoms with van der Waals surface area (Å²) in [5, 5.41) is 17.3. The van der Waals surface area contributed by atoms with Crippen molar-refractivity contribution >= 4 is 11.6 Å². The molecule has 0 bridgehead atoms. The Morgan fingerprint density at radius 1 is 0.600 bits per heavy atom. The minimum absolute atomic E-state index is 0.286. The van der Waals surface area contributed by atoms with Gasteiger partial charge < -0.3 is 10.2 Å². The summed E-state index contributed by atoms with van der Waals surface area (Å²) >= 11 is 0. The number of rotatable bonds is 0. The highest BCUT2D eigenvalue weighted by Gasteiger charge is 2.26. The highest BCUT2D eigenvalue weighted by atomic mass is 16.3. The number of phenolic OH excluding ortho intramolecular Hbond substituents is 2. The molecule has 0 heterocycles. The Morgan fingerprint density at radius 3 is 1.44 bits per heavy atom. The number of aromatic hydroxyl groups is 2.